The monoisotopic (exact) mass is 324 g/mol. The molecule has 1 aromatic heterocycles. The number of nitrogens with zero attached hydrogens (tertiary/aromatic N) is 1. The highest BCUT2D eigenvalue weighted by Crippen LogP contribution is 2.31. The smallest absolute Gasteiger partial charge is 0.153 e. The topological polar surface area (TPSA) is 48.9 Å². The first-order valence-electron chi connectivity index (χ1n) is 5.38. The Morgan fingerprint density at radius 3 is 2.74 bits per heavy atom. The molecule has 3 aromatic rings. The molecule has 2 aromatic carbocycles. The second-order valence-corrected chi connectivity index (χ2v) is 4.95. The van der Waals surface area contributed by atoms with Crippen LogP contribution in [0.5, 0.6) is 5.75 Å². The van der Waals surface area contributed by atoms with Crippen molar-refractivity contribution in [2.45, 2.75) is 0 Å². The molecule has 0 aliphatic rings. The first-order chi connectivity index (χ1) is 9.04. The minimum absolute atomic E-state index is 0.00290. The van der Waals surface area contributed by atoms with Gasteiger partial charge >= 0.3 is 0 Å². The van der Waals surface area contributed by atoms with E-state index in [0.29, 0.717) is 5.56 Å². The van der Waals surface area contributed by atoms with Crippen LogP contribution in [0.2, 0.25) is 0 Å². The second kappa shape index (κ2) is 4.31. The highest BCUT2D eigenvalue weighted by Gasteiger charge is 2.13. The van der Waals surface area contributed by atoms with Crippen molar-refractivity contribution in [1.82, 2.24) is 9.97 Å². The van der Waals surface area contributed by atoms with Gasteiger partial charge in [0.25, 0.3) is 0 Å². The quantitative estimate of drug-likeness (QED) is 0.711. The van der Waals surface area contributed by atoms with Crippen LogP contribution in [0.4, 0.5) is 8.78 Å². The van der Waals surface area contributed by atoms with Crippen LogP contribution in [0.1, 0.15) is 0 Å². The number of benzene rings is 2. The van der Waals surface area contributed by atoms with Crippen molar-refractivity contribution < 1.29 is 13.9 Å². The Hall–Kier alpha value is -1.95. The standard InChI is InChI=1S/C13H7BrF2N2O/c14-6-1-2-11(19)8(3-6)13-17-10-5-7(15)4-9(16)12(10)18-13/h1-5,19H,(H,17,18). The maximum absolute atomic E-state index is 13.6. The van der Waals surface area contributed by atoms with Gasteiger partial charge in [-0.15, -0.1) is 0 Å². The minimum atomic E-state index is -0.744. The van der Waals surface area contributed by atoms with Gasteiger partial charge in [0, 0.05) is 10.5 Å². The molecule has 2 N–H and O–H groups in total. The van der Waals surface area contributed by atoms with Crippen molar-refractivity contribution in [3.05, 3.63) is 46.4 Å². The molecule has 0 radical (unpaired) electrons. The van der Waals surface area contributed by atoms with Gasteiger partial charge in [-0.1, -0.05) is 15.9 Å². The SMILES string of the molecule is Oc1ccc(Br)cc1-c1nc2c(F)cc(F)cc2[nH]1. The summed E-state index contributed by atoms with van der Waals surface area (Å²) in [6.45, 7) is 0. The van der Waals surface area contributed by atoms with Crippen LogP contribution in [0, 0.1) is 11.6 Å². The van der Waals surface area contributed by atoms with E-state index in [1.807, 2.05) is 0 Å². The molecule has 96 valence electrons. The molecule has 0 saturated heterocycles. The van der Waals surface area contributed by atoms with Crippen LogP contribution in [0.3, 0.4) is 0 Å². The van der Waals surface area contributed by atoms with E-state index in [-0.39, 0.29) is 22.6 Å². The number of nitrogens with one attached hydrogen (secondary N) is 1. The number of fused-ring (bicyclic) bond motifs is 1. The third-order valence-corrected chi connectivity index (χ3v) is 3.21. The number of imidazole rings is 1. The van der Waals surface area contributed by atoms with Crippen LogP contribution in [0.25, 0.3) is 22.4 Å². The number of hydrogen-bond donors (Lipinski definition) is 2. The first-order valence-corrected chi connectivity index (χ1v) is 6.17. The van der Waals surface area contributed by atoms with Gasteiger partial charge in [-0.2, -0.15) is 0 Å². The van der Waals surface area contributed by atoms with Gasteiger partial charge in [0.05, 0.1) is 11.1 Å². The molecule has 0 spiro atoms. The Morgan fingerprint density at radius 2 is 1.95 bits per heavy atom. The number of aromatic nitrogens is 2. The number of phenols is 1. The number of aromatic hydroxyl groups is 1. The summed E-state index contributed by atoms with van der Waals surface area (Å²) < 4.78 is 27.4. The predicted molar refractivity (Wildman–Crippen MR) is 70.8 cm³/mol. The fraction of sp³-hybridized carbons (Fsp3) is 0. The molecule has 0 bridgehead atoms. The van der Waals surface area contributed by atoms with Crippen molar-refractivity contribution in [2.24, 2.45) is 0 Å². The fourth-order valence-corrected chi connectivity index (χ4v) is 2.23. The number of H-pyrrole nitrogens is 1. The van der Waals surface area contributed by atoms with Gasteiger partial charge in [0.1, 0.15) is 22.9 Å². The van der Waals surface area contributed by atoms with Crippen molar-refractivity contribution in [3.8, 4) is 17.1 Å². The van der Waals surface area contributed by atoms with E-state index in [1.54, 1.807) is 12.1 Å². The van der Waals surface area contributed by atoms with E-state index in [9.17, 15) is 13.9 Å². The van der Waals surface area contributed by atoms with E-state index >= 15 is 0 Å². The molecule has 0 aliphatic heterocycles. The van der Waals surface area contributed by atoms with Crippen molar-refractivity contribution in [2.75, 3.05) is 0 Å². The summed E-state index contributed by atoms with van der Waals surface area (Å²) in [5.74, 6) is -1.15. The number of hydrogen-bond acceptors (Lipinski definition) is 2. The molecular weight excluding hydrogens is 318 g/mol. The van der Waals surface area contributed by atoms with Crippen LogP contribution < -0.4 is 0 Å². The molecule has 3 nitrogen and oxygen atoms in total. The number of halogens is 3. The van der Waals surface area contributed by atoms with E-state index in [2.05, 4.69) is 25.9 Å². The largest absolute Gasteiger partial charge is 0.507 e. The lowest BCUT2D eigenvalue weighted by Gasteiger charge is -2.01. The van der Waals surface area contributed by atoms with E-state index in [0.717, 1.165) is 16.6 Å². The lowest BCUT2D eigenvalue weighted by atomic mass is 10.2. The molecule has 0 unspecified atom stereocenters. The summed E-state index contributed by atoms with van der Waals surface area (Å²) in [4.78, 5) is 6.84. The van der Waals surface area contributed by atoms with E-state index in [4.69, 9.17) is 0 Å². The molecule has 0 fully saturated rings. The van der Waals surface area contributed by atoms with Crippen molar-refractivity contribution in [3.63, 3.8) is 0 Å². The number of rotatable bonds is 1. The summed E-state index contributed by atoms with van der Waals surface area (Å²) in [5, 5.41) is 9.79. The summed E-state index contributed by atoms with van der Waals surface area (Å²) in [6, 6.07) is 6.73. The first kappa shape index (κ1) is 12.1. The predicted octanol–water partition coefficient (Wildman–Crippen LogP) is 3.98. The second-order valence-electron chi connectivity index (χ2n) is 4.03. The van der Waals surface area contributed by atoms with Gasteiger partial charge < -0.3 is 10.1 Å². The van der Waals surface area contributed by atoms with Crippen LogP contribution in [-0.4, -0.2) is 15.1 Å². The third kappa shape index (κ3) is 2.08. The fourth-order valence-electron chi connectivity index (χ4n) is 1.87. The van der Waals surface area contributed by atoms with Gasteiger partial charge in [0.2, 0.25) is 0 Å². The average Bonchev–Trinajstić information content (AvgIpc) is 2.76. The lowest BCUT2D eigenvalue weighted by molar-refractivity contribution is 0.477. The highest BCUT2D eigenvalue weighted by molar-refractivity contribution is 9.10. The molecule has 19 heavy (non-hydrogen) atoms. The normalized spacial score (nSPS) is 11.1. The molecule has 0 amide bonds. The Labute approximate surface area is 115 Å². The number of aromatic amines is 1. The Balaban J connectivity index is 2.26. The maximum atomic E-state index is 13.6. The Morgan fingerprint density at radius 1 is 1.16 bits per heavy atom. The van der Waals surface area contributed by atoms with Crippen LogP contribution in [-0.2, 0) is 0 Å². The lowest BCUT2D eigenvalue weighted by Crippen LogP contribution is -1.82. The van der Waals surface area contributed by atoms with E-state index < -0.39 is 11.6 Å². The summed E-state index contributed by atoms with van der Waals surface area (Å²) >= 11 is 3.28. The summed E-state index contributed by atoms with van der Waals surface area (Å²) in [5.41, 5.74) is 0.688. The zero-order valence-corrected chi connectivity index (χ0v) is 11.0. The van der Waals surface area contributed by atoms with Gasteiger partial charge in [-0.25, -0.2) is 13.8 Å². The van der Waals surface area contributed by atoms with Crippen molar-refractivity contribution >= 4 is 27.0 Å². The zero-order chi connectivity index (χ0) is 13.6. The number of phenolic OH excluding ortho intramolecular Hbond substituents is 1. The van der Waals surface area contributed by atoms with Crippen LogP contribution in [0.15, 0.2) is 34.8 Å². The Kier molecular flexibility index (Phi) is 2.74. The van der Waals surface area contributed by atoms with Gasteiger partial charge in [0.15, 0.2) is 5.82 Å². The van der Waals surface area contributed by atoms with Gasteiger partial charge in [-0.3, -0.25) is 0 Å². The molecule has 0 saturated carbocycles. The molecule has 3 rings (SSSR count). The van der Waals surface area contributed by atoms with E-state index in [1.165, 1.54) is 6.07 Å². The highest BCUT2D eigenvalue weighted by atomic mass is 79.9. The summed E-state index contributed by atoms with van der Waals surface area (Å²) in [7, 11) is 0. The Bertz CT molecular complexity index is 786. The van der Waals surface area contributed by atoms with Crippen molar-refractivity contribution in [1.29, 1.82) is 0 Å². The third-order valence-electron chi connectivity index (χ3n) is 2.72. The summed E-state index contributed by atoms with van der Waals surface area (Å²) in [6.07, 6.45) is 0. The average molecular weight is 325 g/mol. The molecule has 6 heteroatoms. The van der Waals surface area contributed by atoms with Gasteiger partial charge in [-0.05, 0) is 24.3 Å². The minimum Gasteiger partial charge on any atom is -0.507 e. The van der Waals surface area contributed by atoms with Crippen LogP contribution >= 0.6 is 15.9 Å². The molecule has 1 heterocycles. The zero-order valence-electron chi connectivity index (χ0n) is 9.42. The molecule has 0 atom stereocenters. The molecule has 0 aliphatic carbocycles. The maximum Gasteiger partial charge on any atom is 0.153 e. The molecular formula is C13H7BrF2N2O.